The van der Waals surface area contributed by atoms with Crippen LogP contribution >= 0.6 is 11.6 Å². The lowest BCUT2D eigenvalue weighted by Gasteiger charge is -2.36. The van der Waals surface area contributed by atoms with E-state index in [0.717, 1.165) is 29.4 Å². The van der Waals surface area contributed by atoms with Gasteiger partial charge in [-0.1, -0.05) is 35.9 Å². The summed E-state index contributed by atoms with van der Waals surface area (Å²) in [5, 5.41) is 3.32. The summed E-state index contributed by atoms with van der Waals surface area (Å²) in [6.07, 6.45) is 3.36. The highest BCUT2D eigenvalue weighted by molar-refractivity contribution is 6.33. The zero-order chi connectivity index (χ0) is 19.2. The van der Waals surface area contributed by atoms with E-state index in [9.17, 15) is 9.59 Å². The van der Waals surface area contributed by atoms with Gasteiger partial charge in [-0.05, 0) is 35.9 Å². The largest absolute Gasteiger partial charge is 0.367 e. The molecule has 0 unspecified atom stereocenters. The van der Waals surface area contributed by atoms with Gasteiger partial charge in [-0.25, -0.2) is 0 Å². The number of hydrogen-bond acceptors (Lipinski definition) is 3. The Kier molecular flexibility index (Phi) is 6.14. The smallest absolute Gasteiger partial charge is 0.251 e. The van der Waals surface area contributed by atoms with E-state index in [0.29, 0.717) is 18.7 Å². The Hall–Kier alpha value is -2.79. The van der Waals surface area contributed by atoms with Gasteiger partial charge in [-0.3, -0.25) is 9.59 Å². The molecule has 0 aromatic heterocycles. The molecule has 2 amide bonds. The molecule has 5 nitrogen and oxygen atoms in total. The fraction of sp³-hybridized carbons (Fsp3) is 0.238. The van der Waals surface area contributed by atoms with Crippen LogP contribution in [0.15, 0.2) is 54.6 Å². The van der Waals surface area contributed by atoms with Crippen molar-refractivity contribution in [3.63, 3.8) is 0 Å². The van der Waals surface area contributed by atoms with Crippen molar-refractivity contribution in [2.45, 2.75) is 0 Å². The summed E-state index contributed by atoms with van der Waals surface area (Å²) in [7, 11) is 1.60. The van der Waals surface area contributed by atoms with Crippen LogP contribution < -0.4 is 10.2 Å². The summed E-state index contributed by atoms with van der Waals surface area (Å²) in [6, 6.07) is 14.9. The Morgan fingerprint density at radius 3 is 2.30 bits per heavy atom. The van der Waals surface area contributed by atoms with Gasteiger partial charge in [0.05, 0.1) is 10.7 Å². The second kappa shape index (κ2) is 8.73. The summed E-state index contributed by atoms with van der Waals surface area (Å²) in [4.78, 5) is 28.0. The minimum Gasteiger partial charge on any atom is -0.367 e. The Morgan fingerprint density at radius 1 is 1.00 bits per heavy atom. The van der Waals surface area contributed by atoms with Crippen LogP contribution in [0, 0.1) is 0 Å². The number of nitrogens with one attached hydrogen (secondary N) is 1. The Bertz CT molecular complexity index is 841. The second-order valence-corrected chi connectivity index (χ2v) is 6.71. The van der Waals surface area contributed by atoms with Crippen LogP contribution in [0.1, 0.15) is 15.9 Å². The molecule has 1 aliphatic rings. The fourth-order valence-corrected chi connectivity index (χ4v) is 3.29. The number of nitrogens with zero attached hydrogens (tertiary/aromatic N) is 2. The molecule has 0 aliphatic carbocycles. The minimum atomic E-state index is -0.127. The number of carbonyl (C=O) groups excluding carboxylic acids is 2. The van der Waals surface area contributed by atoms with E-state index in [-0.39, 0.29) is 11.8 Å². The van der Waals surface area contributed by atoms with Crippen molar-refractivity contribution < 1.29 is 9.59 Å². The molecule has 2 aromatic carbocycles. The van der Waals surface area contributed by atoms with Crippen LogP contribution in [-0.4, -0.2) is 49.9 Å². The molecular formula is C21H22ClN3O2. The Balaban J connectivity index is 1.56. The van der Waals surface area contributed by atoms with Gasteiger partial charge in [0.2, 0.25) is 5.91 Å². The second-order valence-electron chi connectivity index (χ2n) is 6.30. The maximum atomic E-state index is 12.4. The quantitative estimate of drug-likeness (QED) is 0.825. The van der Waals surface area contributed by atoms with Gasteiger partial charge in [0.15, 0.2) is 0 Å². The van der Waals surface area contributed by atoms with Crippen molar-refractivity contribution in [3.8, 4) is 0 Å². The third kappa shape index (κ3) is 4.68. The number of rotatable bonds is 4. The van der Waals surface area contributed by atoms with Crippen LogP contribution in [-0.2, 0) is 4.79 Å². The lowest BCUT2D eigenvalue weighted by molar-refractivity contribution is -0.126. The predicted molar refractivity (Wildman–Crippen MR) is 109 cm³/mol. The number of amides is 2. The van der Waals surface area contributed by atoms with Crippen molar-refractivity contribution in [3.05, 3.63) is 70.8 Å². The van der Waals surface area contributed by atoms with Crippen LogP contribution in [0.5, 0.6) is 0 Å². The predicted octanol–water partition coefficient (Wildman–Crippen LogP) is 3.06. The van der Waals surface area contributed by atoms with E-state index < -0.39 is 0 Å². The summed E-state index contributed by atoms with van der Waals surface area (Å²) in [5.41, 5.74) is 2.49. The van der Waals surface area contributed by atoms with Crippen molar-refractivity contribution in [2.24, 2.45) is 0 Å². The molecule has 3 rings (SSSR count). The van der Waals surface area contributed by atoms with Gasteiger partial charge in [-0.2, -0.15) is 0 Å². The van der Waals surface area contributed by atoms with Crippen LogP contribution in [0.25, 0.3) is 6.08 Å². The molecule has 140 valence electrons. The van der Waals surface area contributed by atoms with Gasteiger partial charge in [-0.15, -0.1) is 0 Å². The fourth-order valence-electron chi connectivity index (χ4n) is 3.04. The highest BCUT2D eigenvalue weighted by Gasteiger charge is 2.20. The molecule has 0 radical (unpaired) electrons. The van der Waals surface area contributed by atoms with Gasteiger partial charge < -0.3 is 15.1 Å². The molecule has 1 saturated heterocycles. The van der Waals surface area contributed by atoms with Crippen molar-refractivity contribution in [1.82, 2.24) is 10.2 Å². The van der Waals surface area contributed by atoms with Gasteiger partial charge in [0.25, 0.3) is 5.91 Å². The minimum absolute atomic E-state index is 0.0100. The Morgan fingerprint density at radius 2 is 1.67 bits per heavy atom. The molecule has 2 aromatic rings. The third-order valence-electron chi connectivity index (χ3n) is 4.60. The molecule has 1 heterocycles. The number of para-hydroxylation sites is 1. The number of hydrogen-bond donors (Lipinski definition) is 1. The summed E-state index contributed by atoms with van der Waals surface area (Å²) < 4.78 is 0. The van der Waals surface area contributed by atoms with Crippen LogP contribution in [0.3, 0.4) is 0 Å². The number of halogens is 1. The highest BCUT2D eigenvalue weighted by Crippen LogP contribution is 2.26. The number of piperazine rings is 1. The standard InChI is InChI=1S/C21H22ClN3O2/c1-23-21(27)17-9-6-16(7-10-17)8-11-20(26)25-14-12-24(13-15-25)19-5-3-2-4-18(19)22/h2-11H,12-15H2,1H3,(H,23,27)/b11-8+. The molecule has 27 heavy (non-hydrogen) atoms. The molecule has 6 heteroatoms. The average molecular weight is 384 g/mol. The van der Waals surface area contributed by atoms with Gasteiger partial charge in [0.1, 0.15) is 0 Å². The first-order valence-corrected chi connectivity index (χ1v) is 9.25. The zero-order valence-electron chi connectivity index (χ0n) is 15.2. The van der Waals surface area contributed by atoms with E-state index in [1.165, 1.54) is 0 Å². The first-order valence-electron chi connectivity index (χ1n) is 8.87. The van der Waals surface area contributed by atoms with E-state index in [1.54, 1.807) is 31.3 Å². The molecule has 0 spiro atoms. The molecule has 0 saturated carbocycles. The number of benzene rings is 2. The van der Waals surface area contributed by atoms with Crippen LogP contribution in [0.2, 0.25) is 5.02 Å². The van der Waals surface area contributed by atoms with E-state index >= 15 is 0 Å². The van der Waals surface area contributed by atoms with Crippen molar-refractivity contribution >= 4 is 35.2 Å². The summed E-state index contributed by atoms with van der Waals surface area (Å²) in [5.74, 6) is -0.137. The Labute approximate surface area is 164 Å². The third-order valence-corrected chi connectivity index (χ3v) is 4.92. The molecular weight excluding hydrogens is 362 g/mol. The van der Waals surface area contributed by atoms with Gasteiger partial charge >= 0.3 is 0 Å². The van der Waals surface area contributed by atoms with Crippen molar-refractivity contribution in [1.29, 1.82) is 0 Å². The molecule has 1 fully saturated rings. The average Bonchev–Trinajstić information content (AvgIpc) is 2.72. The zero-order valence-corrected chi connectivity index (χ0v) is 15.9. The van der Waals surface area contributed by atoms with Crippen molar-refractivity contribution in [2.75, 3.05) is 38.1 Å². The van der Waals surface area contributed by atoms with E-state index in [2.05, 4.69) is 10.2 Å². The SMILES string of the molecule is CNC(=O)c1ccc(/C=C/C(=O)N2CCN(c3ccccc3Cl)CC2)cc1. The maximum Gasteiger partial charge on any atom is 0.251 e. The molecule has 0 bridgehead atoms. The van der Waals surface area contributed by atoms with E-state index in [4.69, 9.17) is 11.6 Å². The molecule has 0 atom stereocenters. The molecule has 1 aliphatic heterocycles. The monoisotopic (exact) mass is 383 g/mol. The number of carbonyl (C=O) groups is 2. The molecule has 1 N–H and O–H groups in total. The van der Waals surface area contributed by atoms with Crippen LogP contribution in [0.4, 0.5) is 5.69 Å². The normalized spacial score (nSPS) is 14.4. The highest BCUT2D eigenvalue weighted by atomic mass is 35.5. The maximum absolute atomic E-state index is 12.4. The lowest BCUT2D eigenvalue weighted by Crippen LogP contribution is -2.48. The summed E-state index contributed by atoms with van der Waals surface area (Å²) in [6.45, 7) is 2.82. The van der Waals surface area contributed by atoms with Gasteiger partial charge in [0, 0.05) is 44.9 Å². The lowest BCUT2D eigenvalue weighted by atomic mass is 10.1. The van der Waals surface area contributed by atoms with E-state index in [1.807, 2.05) is 41.3 Å². The summed E-state index contributed by atoms with van der Waals surface area (Å²) >= 11 is 6.26. The topological polar surface area (TPSA) is 52.7 Å². The first-order chi connectivity index (χ1) is 13.1. The first kappa shape index (κ1) is 19.0. The number of anilines is 1.